The number of rotatable bonds is 11. The van der Waals surface area contributed by atoms with Crippen molar-refractivity contribution in [1.29, 1.82) is 0 Å². The third kappa shape index (κ3) is 6.80. The average Bonchev–Trinajstić information content (AvgIpc) is 3.08. The summed E-state index contributed by atoms with van der Waals surface area (Å²) in [5, 5.41) is 7.58. The van der Waals surface area contributed by atoms with Crippen LogP contribution in [0, 0.1) is 10.5 Å². The van der Waals surface area contributed by atoms with Gasteiger partial charge in [-0.1, -0.05) is 68.4 Å². The number of para-hydroxylation sites is 1. The van der Waals surface area contributed by atoms with E-state index in [9.17, 15) is 4.79 Å². The monoisotopic (exact) mass is 751 g/mol. The first-order chi connectivity index (χ1) is 23.3. The Morgan fingerprint density at radius 3 is 2.33 bits per heavy atom. The van der Waals surface area contributed by atoms with Gasteiger partial charge in [0.15, 0.2) is 17.3 Å². The fraction of sp³-hybridized carbons (Fsp3) is 0.225. The van der Waals surface area contributed by atoms with E-state index < -0.39 is 0 Å². The molecule has 6 aromatic rings. The lowest BCUT2D eigenvalue weighted by Gasteiger charge is -2.18. The molecule has 0 bridgehead atoms. The SMILES string of the molecule is CCOc1cc(C)c(-c2nc3ccccc3c(=O)n2N=Cc2cc(I)c(OCc3cccc4ccccc34)c(OCC)c2)cc1C(C)C. The van der Waals surface area contributed by atoms with Crippen molar-refractivity contribution in [2.45, 2.75) is 47.1 Å². The highest BCUT2D eigenvalue weighted by Gasteiger charge is 2.19. The van der Waals surface area contributed by atoms with Gasteiger partial charge in [-0.25, -0.2) is 4.98 Å². The van der Waals surface area contributed by atoms with E-state index in [4.69, 9.17) is 24.3 Å². The summed E-state index contributed by atoms with van der Waals surface area (Å²) in [4.78, 5) is 19.0. The molecule has 244 valence electrons. The molecule has 0 atom stereocenters. The fourth-order valence-corrected chi connectivity index (χ4v) is 6.62. The molecule has 0 amide bonds. The highest BCUT2D eigenvalue weighted by molar-refractivity contribution is 14.1. The highest BCUT2D eigenvalue weighted by atomic mass is 127. The first kappa shape index (κ1) is 33.2. The Bertz CT molecular complexity index is 2200. The van der Waals surface area contributed by atoms with Crippen molar-refractivity contribution < 1.29 is 14.2 Å². The number of fused-ring (bicyclic) bond motifs is 2. The van der Waals surface area contributed by atoms with Crippen LogP contribution in [0.25, 0.3) is 33.1 Å². The van der Waals surface area contributed by atoms with Gasteiger partial charge in [0.2, 0.25) is 0 Å². The summed E-state index contributed by atoms with van der Waals surface area (Å²) < 4.78 is 20.7. The summed E-state index contributed by atoms with van der Waals surface area (Å²) in [6, 6.07) is 29.9. The minimum atomic E-state index is -0.249. The summed E-state index contributed by atoms with van der Waals surface area (Å²) in [6.45, 7) is 11.6. The Morgan fingerprint density at radius 1 is 0.854 bits per heavy atom. The summed E-state index contributed by atoms with van der Waals surface area (Å²) in [5.74, 6) is 2.79. The van der Waals surface area contributed by atoms with E-state index in [1.165, 1.54) is 10.1 Å². The molecule has 0 fully saturated rings. The minimum absolute atomic E-state index is 0.204. The van der Waals surface area contributed by atoms with Crippen LogP contribution in [-0.4, -0.2) is 29.1 Å². The Hall–Kier alpha value is -4.70. The molecule has 5 aromatic carbocycles. The second-order valence-electron chi connectivity index (χ2n) is 11.8. The predicted molar refractivity (Wildman–Crippen MR) is 203 cm³/mol. The normalized spacial score (nSPS) is 11.6. The highest BCUT2D eigenvalue weighted by Crippen LogP contribution is 2.36. The zero-order valence-electron chi connectivity index (χ0n) is 27.8. The molecule has 0 N–H and O–H groups in total. The number of halogens is 1. The first-order valence-corrected chi connectivity index (χ1v) is 17.3. The van der Waals surface area contributed by atoms with Crippen LogP contribution in [-0.2, 0) is 6.61 Å². The van der Waals surface area contributed by atoms with Crippen LogP contribution in [0.1, 0.15) is 55.9 Å². The van der Waals surface area contributed by atoms with Gasteiger partial charge in [-0.3, -0.25) is 4.79 Å². The molecule has 0 aliphatic heterocycles. The van der Waals surface area contributed by atoms with Gasteiger partial charge in [-0.05, 0) is 119 Å². The summed E-state index contributed by atoms with van der Waals surface area (Å²) in [6.07, 6.45) is 1.67. The molecular weight excluding hydrogens is 713 g/mol. The van der Waals surface area contributed by atoms with Gasteiger partial charge in [0, 0.05) is 5.56 Å². The molecule has 0 saturated carbocycles. The Morgan fingerprint density at radius 2 is 1.56 bits per heavy atom. The molecule has 0 aliphatic rings. The third-order valence-electron chi connectivity index (χ3n) is 8.18. The molecule has 7 nitrogen and oxygen atoms in total. The van der Waals surface area contributed by atoms with Crippen LogP contribution >= 0.6 is 22.6 Å². The molecule has 0 spiro atoms. The standard InChI is InChI=1S/C40H38IN3O4/c1-6-46-36-19-26(5)33(22-32(36)25(3)4)39-43-35-18-11-10-17-31(35)40(45)44(39)42-23-27-20-34(41)38(37(21-27)47-7-2)48-24-29-15-12-14-28-13-8-9-16-30(28)29/h8-23,25H,6-7,24H2,1-5H3. The number of nitrogens with zero attached hydrogens (tertiary/aromatic N) is 3. The molecule has 6 rings (SSSR count). The second kappa shape index (κ2) is 14.6. The van der Waals surface area contributed by atoms with Crippen molar-refractivity contribution in [2.24, 2.45) is 5.10 Å². The van der Waals surface area contributed by atoms with E-state index in [-0.39, 0.29) is 11.5 Å². The number of aromatic nitrogens is 2. The van der Waals surface area contributed by atoms with Crippen molar-refractivity contribution in [2.75, 3.05) is 13.2 Å². The molecule has 48 heavy (non-hydrogen) atoms. The quantitative estimate of drug-likeness (QED) is 0.0975. The molecule has 8 heteroatoms. The van der Waals surface area contributed by atoms with Crippen molar-refractivity contribution in [1.82, 2.24) is 9.66 Å². The van der Waals surface area contributed by atoms with Gasteiger partial charge in [-0.2, -0.15) is 9.78 Å². The van der Waals surface area contributed by atoms with Crippen molar-refractivity contribution >= 4 is 50.5 Å². The van der Waals surface area contributed by atoms with Gasteiger partial charge in [0.05, 0.1) is 33.9 Å². The van der Waals surface area contributed by atoms with Gasteiger partial charge in [0.25, 0.3) is 5.56 Å². The van der Waals surface area contributed by atoms with E-state index in [1.54, 1.807) is 12.3 Å². The van der Waals surface area contributed by atoms with Crippen LogP contribution < -0.4 is 19.8 Å². The topological polar surface area (TPSA) is 74.9 Å². The van der Waals surface area contributed by atoms with Crippen LogP contribution in [0.3, 0.4) is 0 Å². The van der Waals surface area contributed by atoms with Gasteiger partial charge in [-0.15, -0.1) is 0 Å². The first-order valence-electron chi connectivity index (χ1n) is 16.2. The number of aryl methyl sites for hydroxylation is 1. The number of ether oxygens (including phenoxy) is 3. The van der Waals surface area contributed by atoms with Crippen LogP contribution in [0.15, 0.2) is 101 Å². The molecule has 0 saturated heterocycles. The van der Waals surface area contributed by atoms with Gasteiger partial charge >= 0.3 is 0 Å². The van der Waals surface area contributed by atoms with Gasteiger partial charge in [0.1, 0.15) is 12.4 Å². The van der Waals surface area contributed by atoms with Crippen molar-refractivity contribution in [3.63, 3.8) is 0 Å². The van der Waals surface area contributed by atoms with Crippen molar-refractivity contribution in [3.8, 4) is 28.6 Å². The largest absolute Gasteiger partial charge is 0.494 e. The molecule has 0 radical (unpaired) electrons. The maximum atomic E-state index is 14.0. The average molecular weight is 752 g/mol. The predicted octanol–water partition coefficient (Wildman–Crippen LogP) is 9.51. The smallest absolute Gasteiger partial charge is 0.282 e. The van der Waals surface area contributed by atoms with E-state index in [0.717, 1.165) is 42.5 Å². The van der Waals surface area contributed by atoms with E-state index in [0.29, 0.717) is 48.0 Å². The Kier molecular flexibility index (Phi) is 10.1. The van der Waals surface area contributed by atoms with Crippen LogP contribution in [0.2, 0.25) is 0 Å². The lowest BCUT2D eigenvalue weighted by molar-refractivity contribution is 0.268. The summed E-state index contributed by atoms with van der Waals surface area (Å²) in [5.41, 5.74) is 5.03. The second-order valence-corrected chi connectivity index (χ2v) is 13.0. The van der Waals surface area contributed by atoms with E-state index in [1.807, 2.05) is 75.4 Å². The minimum Gasteiger partial charge on any atom is -0.494 e. The maximum absolute atomic E-state index is 14.0. The Labute approximate surface area is 294 Å². The lowest BCUT2D eigenvalue weighted by Crippen LogP contribution is -2.21. The molecular formula is C40H38IN3O4. The lowest BCUT2D eigenvalue weighted by atomic mass is 9.96. The molecule has 0 aliphatic carbocycles. The Balaban J connectivity index is 1.41. The zero-order valence-corrected chi connectivity index (χ0v) is 29.9. The van der Waals surface area contributed by atoms with E-state index >= 15 is 0 Å². The number of hydrogen-bond acceptors (Lipinski definition) is 6. The number of hydrogen-bond donors (Lipinski definition) is 0. The molecule has 0 unspecified atom stereocenters. The fourth-order valence-electron chi connectivity index (χ4n) is 5.83. The maximum Gasteiger partial charge on any atom is 0.282 e. The van der Waals surface area contributed by atoms with Crippen LogP contribution in [0.4, 0.5) is 0 Å². The summed E-state index contributed by atoms with van der Waals surface area (Å²) >= 11 is 2.26. The van der Waals surface area contributed by atoms with Crippen LogP contribution in [0.5, 0.6) is 17.2 Å². The zero-order chi connectivity index (χ0) is 33.8. The molecule has 1 heterocycles. The number of benzene rings is 5. The van der Waals surface area contributed by atoms with E-state index in [2.05, 4.69) is 66.8 Å². The third-order valence-corrected chi connectivity index (χ3v) is 8.98. The van der Waals surface area contributed by atoms with Crippen molar-refractivity contribution in [3.05, 3.63) is 127 Å². The van der Waals surface area contributed by atoms with Gasteiger partial charge < -0.3 is 14.2 Å². The summed E-state index contributed by atoms with van der Waals surface area (Å²) in [7, 11) is 0. The molecule has 1 aromatic heterocycles.